The van der Waals surface area contributed by atoms with Crippen molar-refractivity contribution < 1.29 is 18.3 Å². The zero-order chi connectivity index (χ0) is 11.6. The normalized spacial score (nSPS) is 10.4. The topological polar surface area (TPSA) is 52.3 Å². The molecule has 0 aromatic heterocycles. The van der Waals surface area contributed by atoms with Crippen molar-refractivity contribution in [2.24, 2.45) is 0 Å². The number of halogens is 2. The summed E-state index contributed by atoms with van der Waals surface area (Å²) < 4.78 is 31.5. The molecule has 3 nitrogen and oxygen atoms in total. The number of rotatable bonds is 3. The van der Waals surface area contributed by atoms with E-state index < -0.39 is 17.4 Å². The van der Waals surface area contributed by atoms with Gasteiger partial charge in [0.1, 0.15) is 11.6 Å². The SMILES string of the molecule is COCc1c(F)cc(N)c(C(C)=O)c1F. The summed E-state index contributed by atoms with van der Waals surface area (Å²) in [5.41, 5.74) is 4.58. The second-order valence-corrected chi connectivity index (χ2v) is 3.10. The van der Waals surface area contributed by atoms with Gasteiger partial charge >= 0.3 is 0 Å². The highest BCUT2D eigenvalue weighted by molar-refractivity contribution is 5.99. The van der Waals surface area contributed by atoms with Crippen molar-refractivity contribution >= 4 is 11.5 Å². The van der Waals surface area contributed by atoms with E-state index in [4.69, 9.17) is 5.73 Å². The Labute approximate surface area is 85.8 Å². The number of benzene rings is 1. The summed E-state index contributed by atoms with van der Waals surface area (Å²) in [5, 5.41) is 0. The summed E-state index contributed by atoms with van der Waals surface area (Å²) >= 11 is 0. The van der Waals surface area contributed by atoms with E-state index in [0.29, 0.717) is 0 Å². The highest BCUT2D eigenvalue weighted by Gasteiger charge is 2.19. The van der Waals surface area contributed by atoms with Crippen LogP contribution in [0.5, 0.6) is 0 Å². The molecule has 1 rings (SSSR count). The van der Waals surface area contributed by atoms with Gasteiger partial charge < -0.3 is 10.5 Å². The van der Waals surface area contributed by atoms with Crippen molar-refractivity contribution in [2.45, 2.75) is 13.5 Å². The third-order valence-corrected chi connectivity index (χ3v) is 1.98. The fourth-order valence-electron chi connectivity index (χ4n) is 1.31. The van der Waals surface area contributed by atoms with Crippen LogP contribution in [-0.4, -0.2) is 12.9 Å². The molecule has 0 amide bonds. The van der Waals surface area contributed by atoms with Gasteiger partial charge in [0.15, 0.2) is 5.78 Å². The minimum absolute atomic E-state index is 0.197. The zero-order valence-electron chi connectivity index (χ0n) is 8.43. The summed E-state index contributed by atoms with van der Waals surface area (Å²) in [6, 6.07) is 0.925. The van der Waals surface area contributed by atoms with Crippen LogP contribution < -0.4 is 5.73 Å². The first-order chi connectivity index (χ1) is 6.99. The van der Waals surface area contributed by atoms with Gasteiger partial charge in [0, 0.05) is 12.8 Å². The number of methoxy groups -OCH3 is 1. The van der Waals surface area contributed by atoms with Crippen molar-refractivity contribution in [2.75, 3.05) is 12.8 Å². The predicted octanol–water partition coefficient (Wildman–Crippen LogP) is 1.90. The molecule has 0 radical (unpaired) electrons. The number of Topliss-reactive ketones (excluding diaryl/α,β-unsaturated/α-hetero) is 1. The molecule has 0 aliphatic carbocycles. The summed E-state index contributed by atoms with van der Waals surface area (Å²) in [5.74, 6) is -2.29. The number of ketones is 1. The number of ether oxygens (including phenoxy) is 1. The van der Waals surface area contributed by atoms with E-state index >= 15 is 0 Å². The summed E-state index contributed by atoms with van der Waals surface area (Å²) in [4.78, 5) is 11.1. The van der Waals surface area contributed by atoms with Gasteiger partial charge in [-0.2, -0.15) is 0 Å². The lowest BCUT2D eigenvalue weighted by Crippen LogP contribution is -2.09. The van der Waals surface area contributed by atoms with Gasteiger partial charge in [-0.25, -0.2) is 8.78 Å². The van der Waals surface area contributed by atoms with E-state index in [9.17, 15) is 13.6 Å². The Balaban J connectivity index is 3.42. The Bertz CT molecular complexity index is 405. The number of carbonyl (C=O) groups excluding carboxylic acids is 1. The number of carbonyl (C=O) groups is 1. The molecule has 0 atom stereocenters. The van der Waals surface area contributed by atoms with Crippen molar-refractivity contribution in [3.8, 4) is 0 Å². The molecule has 2 N–H and O–H groups in total. The third-order valence-electron chi connectivity index (χ3n) is 1.98. The van der Waals surface area contributed by atoms with Crippen LogP contribution in [0.3, 0.4) is 0 Å². The van der Waals surface area contributed by atoms with Gasteiger partial charge in [-0.3, -0.25) is 4.79 Å². The van der Waals surface area contributed by atoms with Crippen LogP contribution in [0.1, 0.15) is 22.8 Å². The molecule has 0 unspecified atom stereocenters. The van der Waals surface area contributed by atoms with Crippen molar-refractivity contribution in [1.29, 1.82) is 0 Å². The highest BCUT2D eigenvalue weighted by Crippen LogP contribution is 2.24. The first-order valence-corrected chi connectivity index (χ1v) is 4.25. The molecular weight excluding hydrogens is 204 g/mol. The Hall–Kier alpha value is -1.49. The molecule has 0 bridgehead atoms. The first kappa shape index (κ1) is 11.6. The molecule has 0 saturated heterocycles. The van der Waals surface area contributed by atoms with Gasteiger partial charge in [-0.15, -0.1) is 0 Å². The van der Waals surface area contributed by atoms with Gasteiger partial charge in [0.25, 0.3) is 0 Å². The van der Waals surface area contributed by atoms with Crippen molar-refractivity contribution in [3.05, 3.63) is 28.8 Å². The smallest absolute Gasteiger partial charge is 0.164 e. The van der Waals surface area contributed by atoms with Crippen LogP contribution >= 0.6 is 0 Å². The van der Waals surface area contributed by atoms with Gasteiger partial charge in [-0.1, -0.05) is 0 Å². The van der Waals surface area contributed by atoms with Crippen molar-refractivity contribution in [3.63, 3.8) is 0 Å². The predicted molar refractivity (Wildman–Crippen MR) is 51.5 cm³/mol. The largest absolute Gasteiger partial charge is 0.398 e. The van der Waals surface area contributed by atoms with Crippen LogP contribution in [0.2, 0.25) is 0 Å². The zero-order valence-corrected chi connectivity index (χ0v) is 8.43. The van der Waals surface area contributed by atoms with Gasteiger partial charge in [0.2, 0.25) is 0 Å². The molecule has 15 heavy (non-hydrogen) atoms. The van der Waals surface area contributed by atoms with Crippen LogP contribution in [-0.2, 0) is 11.3 Å². The van der Waals surface area contributed by atoms with E-state index in [1.54, 1.807) is 0 Å². The van der Waals surface area contributed by atoms with E-state index in [-0.39, 0.29) is 23.4 Å². The average molecular weight is 215 g/mol. The average Bonchev–Trinajstić information content (AvgIpc) is 2.11. The first-order valence-electron chi connectivity index (χ1n) is 4.25. The number of nitrogen functional groups attached to an aromatic ring is 1. The highest BCUT2D eigenvalue weighted by atomic mass is 19.1. The molecule has 1 aromatic carbocycles. The maximum Gasteiger partial charge on any atom is 0.164 e. The third kappa shape index (κ3) is 2.12. The molecular formula is C10H11F2NO2. The molecule has 0 saturated carbocycles. The lowest BCUT2D eigenvalue weighted by atomic mass is 10.0. The molecule has 0 spiro atoms. The summed E-state index contributed by atoms with van der Waals surface area (Å²) in [6.45, 7) is 0.932. The second kappa shape index (κ2) is 4.35. The van der Waals surface area contributed by atoms with E-state index in [1.165, 1.54) is 14.0 Å². The summed E-state index contributed by atoms with van der Waals surface area (Å²) in [7, 11) is 1.31. The minimum Gasteiger partial charge on any atom is -0.398 e. The van der Waals surface area contributed by atoms with E-state index in [0.717, 1.165) is 6.07 Å². The van der Waals surface area contributed by atoms with Gasteiger partial charge in [0.05, 0.1) is 17.7 Å². The quantitative estimate of drug-likeness (QED) is 0.618. The maximum absolute atomic E-state index is 13.6. The van der Waals surface area contributed by atoms with E-state index in [2.05, 4.69) is 4.74 Å². The van der Waals surface area contributed by atoms with Crippen LogP contribution in [0.15, 0.2) is 6.07 Å². The Kier molecular flexibility index (Phi) is 3.36. The maximum atomic E-state index is 13.6. The molecule has 0 aliphatic heterocycles. The van der Waals surface area contributed by atoms with Crippen LogP contribution in [0, 0.1) is 11.6 Å². The van der Waals surface area contributed by atoms with Crippen LogP contribution in [0.4, 0.5) is 14.5 Å². The van der Waals surface area contributed by atoms with Crippen LogP contribution in [0.25, 0.3) is 0 Å². The second-order valence-electron chi connectivity index (χ2n) is 3.10. The standard InChI is InChI=1S/C10H11F2NO2/c1-5(14)9-8(13)3-7(11)6(4-15-2)10(9)12/h3H,4,13H2,1-2H3. The Morgan fingerprint density at radius 1 is 1.53 bits per heavy atom. The fraction of sp³-hybridized carbons (Fsp3) is 0.300. The molecule has 0 heterocycles. The minimum atomic E-state index is -0.943. The molecule has 0 fully saturated rings. The monoisotopic (exact) mass is 215 g/mol. The van der Waals surface area contributed by atoms with Crippen molar-refractivity contribution in [1.82, 2.24) is 0 Å². The molecule has 0 aliphatic rings. The van der Waals surface area contributed by atoms with Gasteiger partial charge in [-0.05, 0) is 13.0 Å². The van der Waals surface area contributed by atoms with E-state index in [1.807, 2.05) is 0 Å². The molecule has 82 valence electrons. The lowest BCUT2D eigenvalue weighted by molar-refractivity contribution is 0.101. The molecule has 5 heteroatoms. The number of hydrogen-bond acceptors (Lipinski definition) is 3. The Morgan fingerprint density at radius 3 is 2.60 bits per heavy atom. The number of anilines is 1. The fourth-order valence-corrected chi connectivity index (χ4v) is 1.31. The number of nitrogens with two attached hydrogens (primary N) is 1. The summed E-state index contributed by atoms with van der Waals surface area (Å²) in [6.07, 6.45) is 0. The Morgan fingerprint density at radius 2 is 2.13 bits per heavy atom. The molecule has 1 aromatic rings. The lowest BCUT2D eigenvalue weighted by Gasteiger charge is -2.09. The number of hydrogen-bond donors (Lipinski definition) is 1.